The fourth-order valence-corrected chi connectivity index (χ4v) is 4.71. The molecule has 2 aromatic rings. The van der Waals surface area contributed by atoms with Crippen molar-refractivity contribution in [1.29, 1.82) is 0 Å². The number of imide groups is 1. The second-order valence-electron chi connectivity index (χ2n) is 8.03. The van der Waals surface area contributed by atoms with Gasteiger partial charge in [-0.2, -0.15) is 0 Å². The van der Waals surface area contributed by atoms with Crippen LogP contribution in [0.25, 0.3) is 17.4 Å². The molecule has 0 saturated carbocycles. The van der Waals surface area contributed by atoms with Crippen LogP contribution < -0.4 is 0 Å². The number of amides is 3. The molecule has 1 aromatic carbocycles. The van der Waals surface area contributed by atoms with Crippen LogP contribution in [0.3, 0.4) is 0 Å². The third kappa shape index (κ3) is 4.99. The van der Waals surface area contributed by atoms with Gasteiger partial charge in [-0.3, -0.25) is 19.3 Å². The maximum Gasteiger partial charge on any atom is 0.335 e. The Hall–Kier alpha value is -3.04. The standard InChI is InChI=1S/C23H21ClN2O6S/c1-13-6-8-25(9-7-13)20(27)12-26-21(28)19(33-23(26)31)11-15-3-5-18(32-15)16-10-14(22(29)30)2-4-17(16)24/h2-5,10-11,13H,6-9,12H2,1H3,(H,29,30)/b19-11-. The van der Waals surface area contributed by atoms with Crippen LogP contribution in [0.2, 0.25) is 5.02 Å². The number of carbonyl (C=O) groups is 4. The summed E-state index contributed by atoms with van der Waals surface area (Å²) in [5.74, 6) is -0.700. The van der Waals surface area contributed by atoms with Gasteiger partial charge < -0.3 is 14.4 Å². The zero-order valence-electron chi connectivity index (χ0n) is 17.7. The molecule has 2 aliphatic heterocycles. The number of rotatable bonds is 5. The van der Waals surface area contributed by atoms with Gasteiger partial charge in [0, 0.05) is 24.7 Å². The number of hydrogen-bond acceptors (Lipinski definition) is 6. The number of furan rings is 1. The summed E-state index contributed by atoms with van der Waals surface area (Å²) >= 11 is 6.93. The predicted octanol–water partition coefficient (Wildman–Crippen LogP) is 4.59. The van der Waals surface area contributed by atoms with Crippen molar-refractivity contribution in [2.75, 3.05) is 19.6 Å². The molecule has 2 aliphatic rings. The van der Waals surface area contributed by atoms with Crippen molar-refractivity contribution in [3.8, 4) is 11.3 Å². The molecule has 4 rings (SSSR count). The molecule has 2 saturated heterocycles. The predicted molar refractivity (Wildman–Crippen MR) is 124 cm³/mol. The van der Waals surface area contributed by atoms with E-state index in [-0.39, 0.29) is 22.9 Å². The molecule has 0 atom stereocenters. The summed E-state index contributed by atoms with van der Waals surface area (Å²) in [6.07, 6.45) is 3.25. The summed E-state index contributed by atoms with van der Waals surface area (Å²) in [5, 5.41) is 9.00. The Morgan fingerprint density at radius 1 is 1.21 bits per heavy atom. The Morgan fingerprint density at radius 2 is 1.94 bits per heavy atom. The van der Waals surface area contributed by atoms with E-state index in [2.05, 4.69) is 6.92 Å². The molecule has 0 unspecified atom stereocenters. The number of carboxylic acid groups (broad SMARTS) is 1. The average Bonchev–Trinajstić information content (AvgIpc) is 3.34. The molecule has 3 amide bonds. The summed E-state index contributed by atoms with van der Waals surface area (Å²) in [7, 11) is 0. The van der Waals surface area contributed by atoms with Gasteiger partial charge in [-0.25, -0.2) is 4.79 Å². The van der Waals surface area contributed by atoms with Gasteiger partial charge in [0.05, 0.1) is 15.5 Å². The Bertz CT molecular complexity index is 1170. The fourth-order valence-electron chi connectivity index (χ4n) is 3.68. The van der Waals surface area contributed by atoms with Crippen LogP contribution in [0.15, 0.2) is 39.7 Å². The van der Waals surface area contributed by atoms with E-state index in [1.807, 2.05) is 0 Å². The molecule has 0 spiro atoms. The molecular formula is C23H21ClN2O6S. The number of carboxylic acids is 1. The van der Waals surface area contributed by atoms with E-state index in [0.29, 0.717) is 41.1 Å². The number of piperidine rings is 1. The maximum absolute atomic E-state index is 12.8. The lowest BCUT2D eigenvalue weighted by Crippen LogP contribution is -2.45. The highest BCUT2D eigenvalue weighted by Crippen LogP contribution is 2.35. The molecule has 1 N–H and O–H groups in total. The molecule has 172 valence electrons. The second kappa shape index (κ2) is 9.44. The Balaban J connectivity index is 1.48. The van der Waals surface area contributed by atoms with Crippen molar-refractivity contribution in [2.24, 2.45) is 5.92 Å². The monoisotopic (exact) mass is 488 g/mol. The summed E-state index contributed by atoms with van der Waals surface area (Å²) in [5.41, 5.74) is 0.451. The minimum absolute atomic E-state index is 0.0568. The molecule has 8 nitrogen and oxygen atoms in total. The summed E-state index contributed by atoms with van der Waals surface area (Å²) in [4.78, 5) is 51.7. The van der Waals surface area contributed by atoms with Gasteiger partial charge in [-0.15, -0.1) is 0 Å². The maximum atomic E-state index is 12.8. The lowest BCUT2D eigenvalue weighted by Gasteiger charge is -2.31. The van der Waals surface area contributed by atoms with Gasteiger partial charge in [-0.05, 0) is 60.9 Å². The Kier molecular flexibility index (Phi) is 6.62. The van der Waals surface area contributed by atoms with E-state index in [1.54, 1.807) is 17.0 Å². The molecule has 3 heterocycles. The molecular weight excluding hydrogens is 468 g/mol. The third-order valence-electron chi connectivity index (χ3n) is 5.68. The average molecular weight is 489 g/mol. The summed E-state index contributed by atoms with van der Waals surface area (Å²) < 4.78 is 5.73. The van der Waals surface area contributed by atoms with Crippen molar-refractivity contribution >= 4 is 52.5 Å². The molecule has 33 heavy (non-hydrogen) atoms. The van der Waals surface area contributed by atoms with Crippen molar-refractivity contribution in [1.82, 2.24) is 9.80 Å². The van der Waals surface area contributed by atoms with Crippen LogP contribution in [0, 0.1) is 5.92 Å². The summed E-state index contributed by atoms with van der Waals surface area (Å²) in [6, 6.07) is 7.44. The van der Waals surface area contributed by atoms with Crippen LogP contribution in [0.5, 0.6) is 0 Å². The molecule has 0 aliphatic carbocycles. The number of halogens is 1. The highest BCUT2D eigenvalue weighted by atomic mass is 35.5. The van der Waals surface area contributed by atoms with E-state index in [9.17, 15) is 24.3 Å². The Morgan fingerprint density at radius 3 is 2.64 bits per heavy atom. The van der Waals surface area contributed by atoms with Gasteiger partial charge in [0.25, 0.3) is 11.1 Å². The number of nitrogens with zero attached hydrogens (tertiary/aromatic N) is 2. The molecule has 10 heteroatoms. The van der Waals surface area contributed by atoms with E-state index in [1.165, 1.54) is 24.3 Å². The highest BCUT2D eigenvalue weighted by molar-refractivity contribution is 8.18. The van der Waals surface area contributed by atoms with Crippen LogP contribution in [-0.2, 0) is 9.59 Å². The van der Waals surface area contributed by atoms with Crippen molar-refractivity contribution < 1.29 is 28.7 Å². The molecule has 2 fully saturated rings. The quantitative estimate of drug-likeness (QED) is 0.613. The van der Waals surface area contributed by atoms with Crippen LogP contribution in [0.1, 0.15) is 35.9 Å². The Labute approximate surface area is 199 Å². The minimum atomic E-state index is -1.10. The van der Waals surface area contributed by atoms with Crippen LogP contribution in [-0.4, -0.2) is 57.6 Å². The fraction of sp³-hybridized carbons (Fsp3) is 0.304. The number of thioether (sulfide) groups is 1. The van der Waals surface area contributed by atoms with Gasteiger partial charge >= 0.3 is 5.97 Å². The lowest BCUT2D eigenvalue weighted by molar-refractivity contribution is -0.136. The molecule has 1 aromatic heterocycles. The van der Waals surface area contributed by atoms with Crippen molar-refractivity contribution in [3.05, 3.63) is 51.6 Å². The number of benzene rings is 1. The van der Waals surface area contributed by atoms with Crippen LogP contribution >= 0.6 is 23.4 Å². The molecule has 0 radical (unpaired) electrons. The largest absolute Gasteiger partial charge is 0.478 e. The first kappa shape index (κ1) is 23.1. The number of aromatic carboxylic acids is 1. The SMILES string of the molecule is CC1CCN(C(=O)CN2C(=O)S/C(=C\c3ccc(-c4cc(C(=O)O)ccc4Cl)o3)C2=O)CC1. The lowest BCUT2D eigenvalue weighted by atomic mass is 9.99. The third-order valence-corrected chi connectivity index (χ3v) is 6.92. The van der Waals surface area contributed by atoms with E-state index >= 15 is 0 Å². The smallest absolute Gasteiger partial charge is 0.335 e. The highest BCUT2D eigenvalue weighted by Gasteiger charge is 2.37. The second-order valence-corrected chi connectivity index (χ2v) is 9.43. The van der Waals surface area contributed by atoms with Gasteiger partial charge in [0.1, 0.15) is 18.1 Å². The van der Waals surface area contributed by atoms with E-state index < -0.39 is 17.1 Å². The first-order valence-corrected chi connectivity index (χ1v) is 11.6. The van der Waals surface area contributed by atoms with E-state index in [4.69, 9.17) is 16.0 Å². The first-order chi connectivity index (χ1) is 15.7. The van der Waals surface area contributed by atoms with Crippen molar-refractivity contribution in [2.45, 2.75) is 19.8 Å². The van der Waals surface area contributed by atoms with Crippen molar-refractivity contribution in [3.63, 3.8) is 0 Å². The topological polar surface area (TPSA) is 108 Å². The minimum Gasteiger partial charge on any atom is -0.478 e. The first-order valence-electron chi connectivity index (χ1n) is 10.4. The van der Waals surface area contributed by atoms with Gasteiger partial charge in [-0.1, -0.05) is 18.5 Å². The number of hydrogen-bond donors (Lipinski definition) is 1. The number of carbonyl (C=O) groups excluding carboxylic acids is 3. The normalized spacial score (nSPS) is 18.4. The number of likely N-dealkylation sites (tertiary alicyclic amines) is 1. The van der Waals surface area contributed by atoms with Gasteiger partial charge in [0.2, 0.25) is 5.91 Å². The van der Waals surface area contributed by atoms with E-state index in [0.717, 1.165) is 29.5 Å². The zero-order chi connectivity index (χ0) is 23.7. The summed E-state index contributed by atoms with van der Waals surface area (Å²) in [6.45, 7) is 3.12. The van der Waals surface area contributed by atoms with Gasteiger partial charge in [0.15, 0.2) is 0 Å². The zero-order valence-corrected chi connectivity index (χ0v) is 19.3. The van der Waals surface area contributed by atoms with Crippen LogP contribution in [0.4, 0.5) is 4.79 Å². The molecule has 0 bridgehead atoms.